The van der Waals surface area contributed by atoms with Crippen molar-refractivity contribution < 1.29 is 23.1 Å². The molecule has 27 heavy (non-hydrogen) atoms. The number of aliphatic hydroxyl groups excluding tert-OH is 1. The van der Waals surface area contributed by atoms with Crippen LogP contribution in [0.25, 0.3) is 10.2 Å². The van der Waals surface area contributed by atoms with E-state index in [0.717, 1.165) is 9.69 Å². The Morgan fingerprint density at radius 3 is 3.00 bits per heavy atom. The largest absolute Gasteiger partial charge is 0.395 e. The zero-order valence-electron chi connectivity index (χ0n) is 15.1. The molecule has 3 rings (SSSR count). The zero-order chi connectivity index (χ0) is 19.6. The van der Waals surface area contributed by atoms with Gasteiger partial charge in [0.1, 0.15) is 9.71 Å². The minimum Gasteiger partial charge on any atom is -0.395 e. The number of hydrogen-bond acceptors (Lipinski definition) is 7. The molecule has 0 bridgehead atoms. The number of carbonyl (C=O) groups is 1. The Bertz CT molecular complexity index is 928. The van der Waals surface area contributed by atoms with Gasteiger partial charge in [0.15, 0.2) is 0 Å². The molecular formula is C16H22N4O5S2. The molecule has 1 fully saturated rings. The maximum atomic E-state index is 12.6. The summed E-state index contributed by atoms with van der Waals surface area (Å²) in [5.41, 5.74) is 0.636. The first-order chi connectivity index (χ1) is 12.9. The minimum atomic E-state index is -3.58. The molecule has 3 heterocycles. The molecule has 0 aromatic carbocycles. The molecule has 11 heteroatoms. The fourth-order valence-electron chi connectivity index (χ4n) is 2.93. The zero-order valence-corrected chi connectivity index (χ0v) is 16.7. The summed E-state index contributed by atoms with van der Waals surface area (Å²) in [5.74, 6) is -0.335. The van der Waals surface area contributed by atoms with Crippen LogP contribution in [-0.2, 0) is 14.9 Å². The molecule has 1 aliphatic heterocycles. The van der Waals surface area contributed by atoms with E-state index in [-0.39, 0.29) is 38.8 Å². The number of aromatic nitrogens is 1. The van der Waals surface area contributed by atoms with Gasteiger partial charge in [-0.15, -0.1) is 11.3 Å². The average molecular weight is 415 g/mol. The SMILES string of the molecule is CN(C)S(=O)(=O)N1CCO[C@H](c2c(C(=O)NCCO)sc3ncccc23)C1. The molecule has 148 valence electrons. The molecule has 1 atom stereocenters. The number of pyridine rings is 1. The van der Waals surface area contributed by atoms with Crippen molar-refractivity contribution in [3.8, 4) is 0 Å². The van der Waals surface area contributed by atoms with Gasteiger partial charge in [-0.3, -0.25) is 4.79 Å². The fraction of sp³-hybridized carbons (Fsp3) is 0.500. The summed E-state index contributed by atoms with van der Waals surface area (Å²) in [6.07, 6.45) is 1.06. The molecule has 1 saturated heterocycles. The van der Waals surface area contributed by atoms with Gasteiger partial charge in [-0.1, -0.05) is 6.07 Å². The van der Waals surface area contributed by atoms with Gasteiger partial charge in [0.25, 0.3) is 16.1 Å². The Labute approximate surface area is 161 Å². The summed E-state index contributed by atoms with van der Waals surface area (Å²) in [4.78, 5) is 18.0. The topological polar surface area (TPSA) is 112 Å². The van der Waals surface area contributed by atoms with Crippen LogP contribution < -0.4 is 5.32 Å². The molecule has 1 aliphatic rings. The molecular weight excluding hydrogens is 392 g/mol. The van der Waals surface area contributed by atoms with Crippen LogP contribution in [0.2, 0.25) is 0 Å². The predicted molar refractivity (Wildman–Crippen MR) is 102 cm³/mol. The molecule has 2 N–H and O–H groups in total. The molecule has 2 aromatic rings. The summed E-state index contributed by atoms with van der Waals surface area (Å²) >= 11 is 1.23. The van der Waals surface area contributed by atoms with Gasteiger partial charge in [-0.05, 0) is 6.07 Å². The fourth-order valence-corrected chi connectivity index (χ4v) is 5.13. The van der Waals surface area contributed by atoms with Crippen molar-refractivity contribution in [2.45, 2.75) is 6.10 Å². The lowest BCUT2D eigenvalue weighted by molar-refractivity contribution is -0.00324. The van der Waals surface area contributed by atoms with Gasteiger partial charge in [0.2, 0.25) is 0 Å². The lowest BCUT2D eigenvalue weighted by Gasteiger charge is -2.34. The number of morpholine rings is 1. The number of aliphatic hydroxyl groups is 1. The molecule has 0 spiro atoms. The number of nitrogens with zero attached hydrogens (tertiary/aromatic N) is 3. The quantitative estimate of drug-likeness (QED) is 0.698. The van der Waals surface area contributed by atoms with E-state index in [1.165, 1.54) is 29.7 Å². The number of nitrogens with one attached hydrogen (secondary N) is 1. The van der Waals surface area contributed by atoms with Crippen LogP contribution in [0.1, 0.15) is 21.3 Å². The maximum absolute atomic E-state index is 12.6. The highest BCUT2D eigenvalue weighted by molar-refractivity contribution is 7.86. The summed E-state index contributed by atoms with van der Waals surface area (Å²) in [7, 11) is -0.616. The van der Waals surface area contributed by atoms with Crippen molar-refractivity contribution in [2.24, 2.45) is 0 Å². The number of rotatable bonds is 6. The van der Waals surface area contributed by atoms with E-state index in [2.05, 4.69) is 10.3 Å². The highest BCUT2D eigenvalue weighted by Crippen LogP contribution is 2.37. The third-order valence-electron chi connectivity index (χ3n) is 4.25. The summed E-state index contributed by atoms with van der Waals surface area (Å²) in [6.45, 7) is 0.559. The van der Waals surface area contributed by atoms with Crippen LogP contribution in [0.5, 0.6) is 0 Å². The Hall–Kier alpha value is -1.63. The highest BCUT2D eigenvalue weighted by atomic mass is 32.2. The second-order valence-electron chi connectivity index (χ2n) is 6.19. The van der Waals surface area contributed by atoms with Gasteiger partial charge in [-0.25, -0.2) is 4.98 Å². The van der Waals surface area contributed by atoms with Gasteiger partial charge in [0, 0.05) is 50.9 Å². The predicted octanol–water partition coefficient (Wildman–Crippen LogP) is 0.198. The Morgan fingerprint density at radius 1 is 1.52 bits per heavy atom. The number of hydrogen-bond donors (Lipinski definition) is 2. The van der Waals surface area contributed by atoms with E-state index < -0.39 is 16.3 Å². The molecule has 0 unspecified atom stereocenters. The Kier molecular flexibility index (Phi) is 6.08. The number of thiophene rings is 1. The second-order valence-corrected chi connectivity index (χ2v) is 9.33. The van der Waals surface area contributed by atoms with Crippen molar-refractivity contribution in [2.75, 3.05) is 46.9 Å². The molecule has 1 amide bonds. The van der Waals surface area contributed by atoms with Crippen LogP contribution in [0.15, 0.2) is 18.3 Å². The lowest BCUT2D eigenvalue weighted by atomic mass is 10.0. The molecule has 0 aliphatic carbocycles. The standard InChI is InChI=1S/C16H22N4O5S2/c1-19(2)27(23,24)20-7-9-25-12(10-20)13-11-4-3-5-18-16(11)26-14(13)15(22)17-6-8-21/h3-5,12,21H,6-10H2,1-2H3,(H,17,22)/t12-/m0/s1. The number of ether oxygens (including phenoxy) is 1. The van der Waals surface area contributed by atoms with E-state index >= 15 is 0 Å². The molecule has 0 saturated carbocycles. The van der Waals surface area contributed by atoms with E-state index in [1.807, 2.05) is 6.07 Å². The van der Waals surface area contributed by atoms with Gasteiger partial charge < -0.3 is 15.2 Å². The third-order valence-corrected chi connectivity index (χ3v) is 7.28. The van der Waals surface area contributed by atoms with E-state index in [0.29, 0.717) is 15.3 Å². The number of carbonyl (C=O) groups excluding carboxylic acids is 1. The van der Waals surface area contributed by atoms with Crippen molar-refractivity contribution in [1.82, 2.24) is 18.9 Å². The molecule has 9 nitrogen and oxygen atoms in total. The van der Waals surface area contributed by atoms with Crippen LogP contribution in [0, 0.1) is 0 Å². The van der Waals surface area contributed by atoms with Crippen molar-refractivity contribution in [3.63, 3.8) is 0 Å². The van der Waals surface area contributed by atoms with Crippen molar-refractivity contribution in [3.05, 3.63) is 28.8 Å². The average Bonchev–Trinajstić information content (AvgIpc) is 3.05. The van der Waals surface area contributed by atoms with Crippen LogP contribution in [0.4, 0.5) is 0 Å². The summed E-state index contributed by atoms with van der Waals surface area (Å²) in [6, 6.07) is 3.62. The van der Waals surface area contributed by atoms with Crippen LogP contribution in [-0.4, -0.2) is 80.0 Å². The minimum absolute atomic E-state index is 0.113. The molecule has 0 radical (unpaired) electrons. The Morgan fingerprint density at radius 2 is 2.30 bits per heavy atom. The number of amides is 1. The van der Waals surface area contributed by atoms with E-state index in [1.54, 1.807) is 12.3 Å². The first kappa shape index (κ1) is 20.1. The van der Waals surface area contributed by atoms with Crippen molar-refractivity contribution in [1.29, 1.82) is 0 Å². The first-order valence-electron chi connectivity index (χ1n) is 8.42. The van der Waals surface area contributed by atoms with E-state index in [4.69, 9.17) is 9.84 Å². The lowest BCUT2D eigenvalue weighted by Crippen LogP contribution is -2.47. The van der Waals surface area contributed by atoms with Crippen LogP contribution >= 0.6 is 11.3 Å². The van der Waals surface area contributed by atoms with Gasteiger partial charge in [-0.2, -0.15) is 17.0 Å². The normalized spacial score (nSPS) is 18.9. The maximum Gasteiger partial charge on any atom is 0.281 e. The summed E-state index contributed by atoms with van der Waals surface area (Å²) in [5, 5.41) is 12.4. The van der Waals surface area contributed by atoms with Crippen molar-refractivity contribution >= 4 is 37.7 Å². The van der Waals surface area contributed by atoms with E-state index in [9.17, 15) is 13.2 Å². The monoisotopic (exact) mass is 414 g/mol. The third kappa shape index (κ3) is 3.98. The molecule has 2 aromatic heterocycles. The Balaban J connectivity index is 2.00. The first-order valence-corrected chi connectivity index (χ1v) is 10.6. The smallest absolute Gasteiger partial charge is 0.281 e. The van der Waals surface area contributed by atoms with Gasteiger partial charge >= 0.3 is 0 Å². The second kappa shape index (κ2) is 8.17. The number of fused-ring (bicyclic) bond motifs is 1. The van der Waals surface area contributed by atoms with Crippen LogP contribution in [0.3, 0.4) is 0 Å². The summed E-state index contributed by atoms with van der Waals surface area (Å²) < 4.78 is 33.4. The van der Waals surface area contributed by atoms with Gasteiger partial charge in [0.05, 0.1) is 19.3 Å². The highest BCUT2D eigenvalue weighted by Gasteiger charge is 2.35.